The number of nitrogens with zero attached hydrogens (tertiary/aromatic N) is 4. The second-order valence-electron chi connectivity index (χ2n) is 7.51. The third kappa shape index (κ3) is 4.84. The molecule has 0 N–H and O–H groups in total. The fraction of sp³-hybridized carbons (Fsp3) is 0.217. The molecule has 0 bridgehead atoms. The first-order valence-electron chi connectivity index (χ1n) is 10.6. The van der Waals surface area contributed by atoms with Gasteiger partial charge in [-0.15, -0.1) is 22.7 Å². The summed E-state index contributed by atoms with van der Waals surface area (Å²) in [6.45, 7) is 3.60. The van der Waals surface area contributed by atoms with Crippen LogP contribution in [0.15, 0.2) is 79.6 Å². The van der Waals surface area contributed by atoms with E-state index in [1.165, 1.54) is 20.5 Å². The highest BCUT2D eigenvalue weighted by Crippen LogP contribution is 2.23. The number of benzene rings is 1. The average molecular weight is 515 g/mol. The number of aryl methyl sites for hydroxylation is 1. The summed E-state index contributed by atoms with van der Waals surface area (Å²) in [5.41, 5.74) is 1.41. The first kappa shape index (κ1) is 22.9. The van der Waals surface area contributed by atoms with Crippen LogP contribution in [0.5, 0.6) is 0 Å². The molecule has 1 aliphatic rings. The minimum Gasteiger partial charge on any atom is -0.463 e. The maximum atomic E-state index is 12.9. The highest BCUT2D eigenvalue weighted by molar-refractivity contribution is 7.89. The van der Waals surface area contributed by atoms with Gasteiger partial charge in [-0.2, -0.15) is 9.41 Å². The number of morpholine rings is 1. The second kappa shape index (κ2) is 9.80. The molecule has 1 aromatic carbocycles. The van der Waals surface area contributed by atoms with E-state index in [1.807, 2.05) is 23.6 Å². The Hall–Kier alpha value is -2.83. The molecule has 0 amide bonds. The largest absolute Gasteiger partial charge is 0.463 e. The number of hydrogen-bond acceptors (Lipinski definition) is 8. The van der Waals surface area contributed by atoms with Crippen LogP contribution in [0.1, 0.15) is 9.75 Å². The monoisotopic (exact) mass is 514 g/mol. The molecular formula is C23H22N4O4S3. The van der Waals surface area contributed by atoms with Crippen molar-refractivity contribution >= 4 is 44.6 Å². The van der Waals surface area contributed by atoms with Gasteiger partial charge in [0.2, 0.25) is 14.8 Å². The van der Waals surface area contributed by atoms with Gasteiger partial charge in [-0.25, -0.2) is 18.1 Å². The lowest BCUT2D eigenvalue weighted by atomic mass is 10.3. The quantitative estimate of drug-likeness (QED) is 0.359. The summed E-state index contributed by atoms with van der Waals surface area (Å²) in [4.78, 5) is 7.85. The summed E-state index contributed by atoms with van der Waals surface area (Å²) in [5.74, 6) is 0.684. The Balaban J connectivity index is 1.49. The van der Waals surface area contributed by atoms with Gasteiger partial charge in [0.15, 0.2) is 5.76 Å². The molecule has 0 aliphatic carbocycles. The number of thiazole rings is 1. The van der Waals surface area contributed by atoms with E-state index in [0.717, 1.165) is 10.6 Å². The third-order valence-electron chi connectivity index (χ3n) is 5.19. The number of rotatable bonds is 6. The molecule has 1 aliphatic heterocycles. The van der Waals surface area contributed by atoms with E-state index in [-0.39, 0.29) is 4.90 Å². The molecular weight excluding hydrogens is 492 g/mol. The summed E-state index contributed by atoms with van der Waals surface area (Å²) in [7, 11) is -3.55. The first-order valence-corrected chi connectivity index (χ1v) is 13.7. The molecule has 0 atom stereocenters. The summed E-state index contributed by atoms with van der Waals surface area (Å²) < 4.78 is 39.8. The van der Waals surface area contributed by atoms with Gasteiger partial charge in [0, 0.05) is 28.2 Å². The fourth-order valence-corrected chi connectivity index (χ4v) is 6.45. The fourth-order valence-electron chi connectivity index (χ4n) is 3.46. The molecule has 4 heterocycles. The van der Waals surface area contributed by atoms with Crippen LogP contribution in [0.25, 0.3) is 11.5 Å². The van der Waals surface area contributed by atoms with Gasteiger partial charge < -0.3 is 9.15 Å². The number of furan rings is 1. The minimum atomic E-state index is -3.55. The van der Waals surface area contributed by atoms with Crippen molar-refractivity contribution in [2.24, 2.45) is 10.1 Å². The van der Waals surface area contributed by atoms with Crippen LogP contribution in [0.4, 0.5) is 5.69 Å². The van der Waals surface area contributed by atoms with Crippen molar-refractivity contribution in [3.63, 3.8) is 0 Å². The molecule has 176 valence electrons. The highest BCUT2D eigenvalue weighted by Gasteiger charge is 2.26. The Morgan fingerprint density at radius 3 is 2.53 bits per heavy atom. The molecule has 4 aromatic rings. The number of thiophene rings is 1. The Bertz CT molecular complexity index is 1460. The number of hydrogen-bond donors (Lipinski definition) is 0. The minimum absolute atomic E-state index is 0.245. The predicted octanol–water partition coefficient (Wildman–Crippen LogP) is 4.32. The zero-order valence-corrected chi connectivity index (χ0v) is 20.8. The molecule has 0 saturated carbocycles. The van der Waals surface area contributed by atoms with Crippen LogP contribution in [0, 0.1) is 6.92 Å². The van der Waals surface area contributed by atoms with Crippen molar-refractivity contribution in [1.29, 1.82) is 0 Å². The van der Waals surface area contributed by atoms with Gasteiger partial charge in [-0.1, -0.05) is 0 Å². The number of ether oxygens (including phenoxy) is 1. The molecule has 5 rings (SSSR count). The van der Waals surface area contributed by atoms with Crippen LogP contribution in [-0.2, 0) is 14.8 Å². The van der Waals surface area contributed by atoms with E-state index < -0.39 is 10.0 Å². The van der Waals surface area contributed by atoms with E-state index >= 15 is 0 Å². The van der Waals surface area contributed by atoms with E-state index in [4.69, 9.17) is 14.1 Å². The zero-order chi connectivity index (χ0) is 23.5. The number of aromatic nitrogens is 1. The van der Waals surface area contributed by atoms with Crippen molar-refractivity contribution in [2.45, 2.75) is 11.8 Å². The lowest BCUT2D eigenvalue weighted by molar-refractivity contribution is 0.0730. The van der Waals surface area contributed by atoms with Gasteiger partial charge in [-0.3, -0.25) is 0 Å². The molecule has 34 heavy (non-hydrogen) atoms. The van der Waals surface area contributed by atoms with E-state index in [0.29, 0.717) is 42.6 Å². The molecule has 0 radical (unpaired) electrons. The summed E-state index contributed by atoms with van der Waals surface area (Å²) in [6, 6.07) is 14.4. The predicted molar refractivity (Wildman–Crippen MR) is 133 cm³/mol. The maximum absolute atomic E-state index is 12.9. The van der Waals surface area contributed by atoms with E-state index in [2.05, 4.69) is 18.1 Å². The summed E-state index contributed by atoms with van der Waals surface area (Å²) >= 11 is 3.08. The molecule has 3 aromatic heterocycles. The lowest BCUT2D eigenvalue weighted by Gasteiger charge is -2.26. The lowest BCUT2D eigenvalue weighted by Crippen LogP contribution is -2.40. The third-order valence-corrected chi connectivity index (χ3v) is 8.85. The van der Waals surface area contributed by atoms with Gasteiger partial charge in [-0.05, 0) is 55.5 Å². The van der Waals surface area contributed by atoms with Gasteiger partial charge in [0.1, 0.15) is 5.69 Å². The Labute approximate surface area is 205 Å². The van der Waals surface area contributed by atoms with Crippen molar-refractivity contribution in [3.8, 4) is 11.5 Å². The second-order valence-corrected chi connectivity index (χ2v) is 11.6. The van der Waals surface area contributed by atoms with Crippen molar-refractivity contribution in [3.05, 3.63) is 74.7 Å². The summed E-state index contributed by atoms with van der Waals surface area (Å²) in [6.07, 6.45) is 3.42. The van der Waals surface area contributed by atoms with Gasteiger partial charge in [0.05, 0.1) is 36.3 Å². The smallest absolute Gasteiger partial charge is 0.243 e. The van der Waals surface area contributed by atoms with Crippen LogP contribution in [0.2, 0.25) is 0 Å². The van der Waals surface area contributed by atoms with Crippen molar-refractivity contribution < 1.29 is 17.6 Å². The summed E-state index contributed by atoms with van der Waals surface area (Å²) in [5, 5.41) is 6.60. The molecule has 0 spiro atoms. The van der Waals surface area contributed by atoms with Gasteiger partial charge in [0.25, 0.3) is 0 Å². The maximum Gasteiger partial charge on any atom is 0.243 e. The normalized spacial score (nSPS) is 16.0. The zero-order valence-electron chi connectivity index (χ0n) is 18.3. The molecule has 0 unspecified atom stereocenters. The molecule has 8 nitrogen and oxygen atoms in total. The van der Waals surface area contributed by atoms with Gasteiger partial charge >= 0.3 is 0 Å². The van der Waals surface area contributed by atoms with Crippen LogP contribution < -0.4 is 4.80 Å². The Morgan fingerprint density at radius 2 is 1.85 bits per heavy atom. The van der Waals surface area contributed by atoms with Crippen LogP contribution >= 0.6 is 22.7 Å². The molecule has 1 fully saturated rings. The average Bonchev–Trinajstić information content (AvgIpc) is 3.60. The number of sulfonamides is 1. The first-order chi connectivity index (χ1) is 16.5. The van der Waals surface area contributed by atoms with Crippen LogP contribution in [0.3, 0.4) is 0 Å². The van der Waals surface area contributed by atoms with E-state index in [1.54, 1.807) is 52.8 Å². The standard InChI is InChI=1S/C23H22N4O4S3/c1-17-4-7-19(33-17)15-24-27-21(22-3-2-12-31-22)16-32-23(27)25-18-5-8-20(9-6-18)34(28,29)26-10-13-30-14-11-26/h2-9,12,15-16H,10-11,13-14H2,1H3. The Morgan fingerprint density at radius 1 is 1.06 bits per heavy atom. The molecule has 11 heteroatoms. The van der Waals surface area contributed by atoms with Crippen LogP contribution in [-0.4, -0.2) is 49.9 Å². The van der Waals surface area contributed by atoms with Crippen molar-refractivity contribution in [1.82, 2.24) is 8.98 Å². The van der Waals surface area contributed by atoms with E-state index in [9.17, 15) is 8.42 Å². The topological polar surface area (TPSA) is 89.4 Å². The highest BCUT2D eigenvalue weighted by atomic mass is 32.2. The van der Waals surface area contributed by atoms with Crippen molar-refractivity contribution in [2.75, 3.05) is 26.3 Å². The molecule has 1 saturated heterocycles. The Kier molecular flexibility index (Phi) is 6.61. The SMILES string of the molecule is Cc1ccc(C=Nn2c(-c3ccco3)csc2=Nc2ccc(S(=O)(=O)N3CCOCC3)cc2)s1.